The number of carbonyl (C=O) groups excluding carboxylic acids is 2. The minimum Gasteiger partial charge on any atom is -0.497 e. The fourth-order valence-corrected chi connectivity index (χ4v) is 5.35. The van der Waals surface area contributed by atoms with Crippen LogP contribution in [0.4, 0.5) is 5.69 Å². The topological polar surface area (TPSA) is 105 Å². The van der Waals surface area contributed by atoms with Crippen molar-refractivity contribution in [2.45, 2.75) is 45.3 Å². The number of hydrogen-bond donors (Lipinski definition) is 1. The Bertz CT molecular complexity index is 1470. The maximum Gasteiger partial charge on any atom is 0.244 e. The molecule has 0 aromatic heterocycles. The summed E-state index contributed by atoms with van der Waals surface area (Å²) in [5.41, 5.74) is 1.13. The summed E-state index contributed by atoms with van der Waals surface area (Å²) in [7, 11) is -1.12. The quantitative estimate of drug-likeness (QED) is 0.317. The van der Waals surface area contributed by atoms with Gasteiger partial charge in [0.1, 0.15) is 24.1 Å². The van der Waals surface area contributed by atoms with Crippen LogP contribution in [0.1, 0.15) is 31.9 Å². The molecule has 226 valence electrons. The van der Waals surface area contributed by atoms with E-state index in [1.165, 1.54) is 25.2 Å². The molecule has 0 radical (unpaired) electrons. The van der Waals surface area contributed by atoms with Crippen LogP contribution in [0.15, 0.2) is 72.8 Å². The summed E-state index contributed by atoms with van der Waals surface area (Å²) in [6.07, 6.45) is 1.22. The second-order valence-corrected chi connectivity index (χ2v) is 13.2. The van der Waals surface area contributed by atoms with Crippen LogP contribution in [0.2, 0.25) is 5.02 Å². The fourth-order valence-electron chi connectivity index (χ4n) is 4.38. The molecule has 0 heterocycles. The van der Waals surface area contributed by atoms with E-state index in [1.54, 1.807) is 36.4 Å². The van der Waals surface area contributed by atoms with Crippen molar-refractivity contribution in [3.05, 3.63) is 88.9 Å². The lowest BCUT2D eigenvalue weighted by Gasteiger charge is -2.35. The molecule has 3 aromatic carbocycles. The molecule has 0 aliphatic rings. The molecule has 2 amide bonds. The summed E-state index contributed by atoms with van der Waals surface area (Å²) in [4.78, 5) is 29.5. The standard InChI is InChI=1S/C31H38ClN3O6S/c1-31(2,3)33-30(37)27(18-22-10-8-7-9-11-22)34(20-23-12-14-24(32)15-13-23)29(36)21-35(42(6,38)39)26-19-25(40-4)16-17-28(26)41-5/h7-17,19,27H,18,20-21H2,1-6H3,(H,33,37). The smallest absolute Gasteiger partial charge is 0.244 e. The van der Waals surface area contributed by atoms with E-state index in [0.717, 1.165) is 21.7 Å². The fraction of sp³-hybridized carbons (Fsp3) is 0.355. The largest absolute Gasteiger partial charge is 0.497 e. The molecule has 3 rings (SSSR count). The maximum absolute atomic E-state index is 14.2. The Hall–Kier alpha value is -3.76. The van der Waals surface area contributed by atoms with E-state index in [4.69, 9.17) is 21.1 Å². The van der Waals surface area contributed by atoms with Crippen LogP contribution in [-0.2, 0) is 32.6 Å². The van der Waals surface area contributed by atoms with E-state index in [2.05, 4.69) is 5.32 Å². The molecule has 42 heavy (non-hydrogen) atoms. The summed E-state index contributed by atoms with van der Waals surface area (Å²) >= 11 is 6.10. The van der Waals surface area contributed by atoms with Crippen molar-refractivity contribution in [3.8, 4) is 11.5 Å². The monoisotopic (exact) mass is 615 g/mol. The third-order valence-corrected chi connectivity index (χ3v) is 7.75. The number of halogens is 1. The molecule has 1 N–H and O–H groups in total. The van der Waals surface area contributed by atoms with Gasteiger partial charge in [-0.15, -0.1) is 0 Å². The summed E-state index contributed by atoms with van der Waals surface area (Å²) in [6.45, 7) is 5.03. The zero-order chi connectivity index (χ0) is 31.1. The molecule has 3 aromatic rings. The molecule has 1 unspecified atom stereocenters. The van der Waals surface area contributed by atoms with E-state index < -0.39 is 34.1 Å². The van der Waals surface area contributed by atoms with Crippen LogP contribution >= 0.6 is 11.6 Å². The summed E-state index contributed by atoms with van der Waals surface area (Å²) in [6, 6.07) is 20.0. The van der Waals surface area contributed by atoms with Crippen molar-refractivity contribution in [1.29, 1.82) is 0 Å². The Labute approximate surface area is 253 Å². The summed E-state index contributed by atoms with van der Waals surface area (Å²) < 4.78 is 37.9. The number of sulfonamides is 1. The molecule has 11 heteroatoms. The Morgan fingerprint density at radius 3 is 2.12 bits per heavy atom. The first kappa shape index (κ1) is 32.8. The van der Waals surface area contributed by atoms with Gasteiger partial charge in [0, 0.05) is 29.6 Å². The van der Waals surface area contributed by atoms with Crippen molar-refractivity contribution in [1.82, 2.24) is 10.2 Å². The van der Waals surface area contributed by atoms with Crippen molar-refractivity contribution >= 4 is 39.1 Å². The average Bonchev–Trinajstić information content (AvgIpc) is 2.93. The molecule has 0 aliphatic heterocycles. The van der Waals surface area contributed by atoms with E-state index in [1.807, 2.05) is 51.1 Å². The highest BCUT2D eigenvalue weighted by Gasteiger charge is 2.35. The normalized spacial score (nSPS) is 12.3. The first-order chi connectivity index (χ1) is 19.7. The number of rotatable bonds is 12. The van der Waals surface area contributed by atoms with E-state index in [-0.39, 0.29) is 30.3 Å². The lowest BCUT2D eigenvalue weighted by Crippen LogP contribution is -2.56. The zero-order valence-electron chi connectivity index (χ0n) is 24.8. The molecule has 0 saturated heterocycles. The highest BCUT2D eigenvalue weighted by atomic mass is 35.5. The first-order valence-electron chi connectivity index (χ1n) is 13.3. The van der Waals surface area contributed by atoms with Gasteiger partial charge >= 0.3 is 0 Å². The molecule has 0 spiro atoms. The van der Waals surface area contributed by atoms with Gasteiger partial charge in [-0.05, 0) is 56.2 Å². The van der Waals surface area contributed by atoms with Gasteiger partial charge in [-0.25, -0.2) is 8.42 Å². The van der Waals surface area contributed by atoms with Crippen LogP contribution < -0.4 is 19.1 Å². The number of benzene rings is 3. The number of hydrogen-bond acceptors (Lipinski definition) is 6. The summed E-state index contributed by atoms with van der Waals surface area (Å²) in [5, 5.41) is 3.52. The number of nitrogens with one attached hydrogen (secondary N) is 1. The Morgan fingerprint density at radius 1 is 0.929 bits per heavy atom. The lowest BCUT2D eigenvalue weighted by molar-refractivity contribution is -0.140. The number of carbonyl (C=O) groups is 2. The number of anilines is 1. The summed E-state index contributed by atoms with van der Waals surface area (Å²) in [5.74, 6) is -0.315. The first-order valence-corrected chi connectivity index (χ1v) is 15.5. The molecular formula is C31H38ClN3O6S. The second kappa shape index (κ2) is 13.9. The molecule has 0 bridgehead atoms. The lowest BCUT2D eigenvalue weighted by atomic mass is 10.0. The van der Waals surface area contributed by atoms with Gasteiger partial charge in [0.15, 0.2) is 0 Å². The second-order valence-electron chi connectivity index (χ2n) is 10.9. The minimum absolute atomic E-state index is 0.0396. The van der Waals surface area contributed by atoms with Crippen LogP contribution in [0.3, 0.4) is 0 Å². The molecule has 0 saturated carbocycles. The average molecular weight is 616 g/mol. The van der Waals surface area contributed by atoms with Crippen molar-refractivity contribution < 1.29 is 27.5 Å². The Kier molecular flexibility index (Phi) is 10.9. The van der Waals surface area contributed by atoms with E-state index in [9.17, 15) is 18.0 Å². The van der Waals surface area contributed by atoms with E-state index >= 15 is 0 Å². The number of ether oxygens (including phenoxy) is 2. The van der Waals surface area contributed by atoms with Gasteiger partial charge < -0.3 is 19.7 Å². The number of amides is 2. The third kappa shape index (κ3) is 9.12. The van der Waals surface area contributed by atoms with Crippen molar-refractivity contribution in [2.24, 2.45) is 0 Å². The number of nitrogens with zero attached hydrogens (tertiary/aromatic N) is 2. The van der Waals surface area contributed by atoms with Crippen LogP contribution in [0, 0.1) is 0 Å². The third-order valence-electron chi connectivity index (χ3n) is 6.37. The van der Waals surface area contributed by atoms with Crippen LogP contribution in [-0.4, -0.2) is 63.7 Å². The van der Waals surface area contributed by atoms with Gasteiger partial charge in [0.05, 0.1) is 26.2 Å². The van der Waals surface area contributed by atoms with Crippen LogP contribution in [0.5, 0.6) is 11.5 Å². The van der Waals surface area contributed by atoms with Gasteiger partial charge in [0.2, 0.25) is 21.8 Å². The minimum atomic E-state index is -3.98. The van der Waals surface area contributed by atoms with Gasteiger partial charge in [0.25, 0.3) is 0 Å². The molecule has 0 aliphatic carbocycles. The zero-order valence-corrected chi connectivity index (χ0v) is 26.3. The van der Waals surface area contributed by atoms with E-state index in [0.29, 0.717) is 10.8 Å². The Morgan fingerprint density at radius 2 is 1.57 bits per heavy atom. The van der Waals surface area contributed by atoms with Crippen molar-refractivity contribution in [2.75, 3.05) is 31.3 Å². The van der Waals surface area contributed by atoms with Gasteiger partial charge in [-0.1, -0.05) is 54.1 Å². The van der Waals surface area contributed by atoms with Crippen molar-refractivity contribution in [3.63, 3.8) is 0 Å². The predicted octanol–water partition coefficient (Wildman–Crippen LogP) is 4.68. The van der Waals surface area contributed by atoms with Gasteiger partial charge in [-0.3, -0.25) is 13.9 Å². The molecule has 0 fully saturated rings. The highest BCUT2D eigenvalue weighted by molar-refractivity contribution is 7.92. The maximum atomic E-state index is 14.2. The molecular weight excluding hydrogens is 578 g/mol. The predicted molar refractivity (Wildman–Crippen MR) is 166 cm³/mol. The number of methoxy groups -OCH3 is 2. The molecule has 1 atom stereocenters. The Balaban J connectivity index is 2.12. The van der Waals surface area contributed by atoms with Crippen LogP contribution in [0.25, 0.3) is 0 Å². The SMILES string of the molecule is COc1ccc(OC)c(N(CC(=O)N(Cc2ccc(Cl)cc2)C(Cc2ccccc2)C(=O)NC(C)(C)C)S(C)(=O)=O)c1. The van der Waals surface area contributed by atoms with Gasteiger partial charge in [-0.2, -0.15) is 0 Å². The molecule has 9 nitrogen and oxygen atoms in total. The highest BCUT2D eigenvalue weighted by Crippen LogP contribution is 2.34.